The Bertz CT molecular complexity index is 530. The van der Waals surface area contributed by atoms with Crippen LogP contribution in [0.5, 0.6) is 0 Å². The minimum Gasteiger partial charge on any atom is -0.250 e. The van der Waals surface area contributed by atoms with Gasteiger partial charge >= 0.3 is 0 Å². The highest BCUT2D eigenvalue weighted by Gasteiger charge is 2.09. The third kappa shape index (κ3) is 5.22. The number of aromatic nitrogens is 1. The van der Waals surface area contributed by atoms with Crippen LogP contribution < -0.4 is 0 Å². The maximum absolute atomic E-state index is 4.41. The highest BCUT2D eigenvalue weighted by molar-refractivity contribution is 8.00. The van der Waals surface area contributed by atoms with Gasteiger partial charge in [-0.2, -0.15) is 0 Å². The highest BCUT2D eigenvalue weighted by Crippen LogP contribution is 2.26. The smallest absolute Gasteiger partial charge is 0.0965 e. The number of benzene rings is 1. The van der Waals surface area contributed by atoms with E-state index in [2.05, 4.69) is 61.3 Å². The molecule has 1 aromatic heterocycles. The molecule has 1 atom stereocenters. The summed E-state index contributed by atoms with van der Waals surface area (Å²) in [5.41, 5.74) is 2.77. The molecule has 2 heteroatoms. The van der Waals surface area contributed by atoms with Crippen molar-refractivity contribution in [3.63, 3.8) is 0 Å². The third-order valence-corrected chi connectivity index (χ3v) is 4.15. The molecule has 0 radical (unpaired) electrons. The maximum atomic E-state index is 4.41. The summed E-state index contributed by atoms with van der Waals surface area (Å²) in [6, 6.07) is 16.8. The van der Waals surface area contributed by atoms with Gasteiger partial charge < -0.3 is 0 Å². The average molecular weight is 283 g/mol. The number of nitrogens with zero attached hydrogens (tertiary/aromatic N) is 1. The Hall–Kier alpha value is -1.54. The molecule has 0 amide bonds. The second-order valence-corrected chi connectivity index (χ2v) is 6.35. The van der Waals surface area contributed by atoms with Gasteiger partial charge in [0.2, 0.25) is 0 Å². The quantitative estimate of drug-likeness (QED) is 0.537. The van der Waals surface area contributed by atoms with Crippen molar-refractivity contribution in [3.8, 4) is 0 Å². The molecule has 2 rings (SSSR count). The van der Waals surface area contributed by atoms with Gasteiger partial charge in [-0.15, -0.1) is 0 Å². The molecule has 0 saturated heterocycles. The van der Waals surface area contributed by atoms with E-state index in [0.717, 1.165) is 17.9 Å². The fraction of sp³-hybridized carbons (Fsp3) is 0.278. The lowest BCUT2D eigenvalue weighted by molar-refractivity contribution is 0.849. The minimum atomic E-state index is 0.482. The Morgan fingerprint density at radius 3 is 2.50 bits per heavy atom. The van der Waals surface area contributed by atoms with Crippen LogP contribution in [0.1, 0.15) is 25.8 Å². The molecule has 104 valence electrons. The van der Waals surface area contributed by atoms with E-state index >= 15 is 0 Å². The van der Waals surface area contributed by atoms with Gasteiger partial charge in [0.15, 0.2) is 0 Å². The van der Waals surface area contributed by atoms with E-state index in [0.29, 0.717) is 5.25 Å². The number of rotatable bonds is 6. The van der Waals surface area contributed by atoms with Gasteiger partial charge in [0.1, 0.15) is 0 Å². The number of hydrogen-bond acceptors (Lipinski definition) is 2. The van der Waals surface area contributed by atoms with Crippen LogP contribution >= 0.6 is 11.8 Å². The van der Waals surface area contributed by atoms with E-state index in [1.165, 1.54) is 11.1 Å². The summed E-state index contributed by atoms with van der Waals surface area (Å²) in [6.07, 6.45) is 6.45. The van der Waals surface area contributed by atoms with Crippen molar-refractivity contribution < 1.29 is 0 Å². The number of pyridine rings is 1. The molecule has 0 N–H and O–H groups in total. The topological polar surface area (TPSA) is 12.9 Å². The lowest BCUT2D eigenvalue weighted by Gasteiger charge is -2.13. The van der Waals surface area contributed by atoms with Gasteiger partial charge in [0, 0.05) is 11.4 Å². The molecule has 0 saturated carbocycles. The zero-order valence-electron chi connectivity index (χ0n) is 12.1. The predicted molar refractivity (Wildman–Crippen MR) is 88.1 cm³/mol. The zero-order chi connectivity index (χ0) is 14.2. The lowest BCUT2D eigenvalue weighted by atomic mass is 10.1. The molecule has 1 unspecified atom stereocenters. The first-order chi connectivity index (χ1) is 9.74. The van der Waals surface area contributed by atoms with Crippen LogP contribution in [-0.4, -0.2) is 10.2 Å². The summed E-state index contributed by atoms with van der Waals surface area (Å²) in [6.45, 7) is 4.32. The van der Waals surface area contributed by atoms with Gasteiger partial charge in [-0.1, -0.05) is 59.8 Å². The van der Waals surface area contributed by atoms with Crippen LogP contribution in [0.3, 0.4) is 0 Å². The summed E-state index contributed by atoms with van der Waals surface area (Å²) in [5.74, 6) is 0. The number of allylic oxidation sites excluding steroid dienone is 1. The standard InChI is InChI=1S/C18H21NS/c1-15(2)14-17(20-18-10-6-7-13-19-18)12-11-16-8-4-3-5-9-16/h3-10,13-14,17H,11-12H2,1-2H3. The second-order valence-electron chi connectivity index (χ2n) is 5.09. The lowest BCUT2D eigenvalue weighted by Crippen LogP contribution is -2.02. The number of thioether (sulfide) groups is 1. The maximum Gasteiger partial charge on any atom is 0.0965 e. The third-order valence-electron chi connectivity index (χ3n) is 2.99. The SMILES string of the molecule is CC(C)=CC(CCc1ccccc1)Sc1ccccn1. The molecule has 1 nitrogen and oxygen atoms in total. The fourth-order valence-electron chi connectivity index (χ4n) is 2.07. The van der Waals surface area contributed by atoms with Gasteiger partial charge in [0.25, 0.3) is 0 Å². The largest absolute Gasteiger partial charge is 0.250 e. The van der Waals surface area contributed by atoms with E-state index in [-0.39, 0.29) is 0 Å². The minimum absolute atomic E-state index is 0.482. The Kier molecular flexibility index (Phi) is 5.87. The molecule has 0 aliphatic carbocycles. The van der Waals surface area contributed by atoms with Gasteiger partial charge in [0.05, 0.1) is 5.03 Å². The Morgan fingerprint density at radius 1 is 1.10 bits per heavy atom. The van der Waals surface area contributed by atoms with Crippen molar-refractivity contribution in [2.75, 3.05) is 0 Å². The molecule has 0 bridgehead atoms. The van der Waals surface area contributed by atoms with Crippen LogP contribution in [0.25, 0.3) is 0 Å². The fourth-order valence-corrected chi connectivity index (χ4v) is 3.24. The monoisotopic (exact) mass is 283 g/mol. The van der Waals surface area contributed by atoms with E-state index in [9.17, 15) is 0 Å². The van der Waals surface area contributed by atoms with Crippen LogP contribution in [0.15, 0.2) is 71.4 Å². The average Bonchev–Trinajstić information content (AvgIpc) is 2.46. The van der Waals surface area contributed by atoms with Crippen LogP contribution in [-0.2, 0) is 6.42 Å². The van der Waals surface area contributed by atoms with Crippen LogP contribution in [0, 0.1) is 0 Å². The predicted octanol–water partition coefficient (Wildman–Crippen LogP) is 5.14. The van der Waals surface area contributed by atoms with Crippen molar-refractivity contribution in [3.05, 3.63) is 71.9 Å². The van der Waals surface area contributed by atoms with Gasteiger partial charge in [-0.25, -0.2) is 4.98 Å². The molecule has 1 heterocycles. The van der Waals surface area contributed by atoms with Crippen LogP contribution in [0.2, 0.25) is 0 Å². The zero-order valence-corrected chi connectivity index (χ0v) is 12.9. The molecule has 1 aromatic carbocycles. The second kappa shape index (κ2) is 7.91. The van der Waals surface area contributed by atoms with Gasteiger partial charge in [-0.3, -0.25) is 0 Å². The molecule has 20 heavy (non-hydrogen) atoms. The molecular formula is C18H21NS. The number of aryl methyl sites for hydroxylation is 1. The summed E-state index contributed by atoms with van der Waals surface area (Å²) >= 11 is 1.85. The Balaban J connectivity index is 1.99. The molecular weight excluding hydrogens is 262 g/mol. The van der Waals surface area contributed by atoms with Crippen LogP contribution in [0.4, 0.5) is 0 Å². The first kappa shape index (κ1) is 14.9. The molecule has 0 aliphatic rings. The van der Waals surface area contributed by atoms with E-state index in [1.54, 1.807) is 0 Å². The summed E-state index contributed by atoms with van der Waals surface area (Å²) in [5, 5.41) is 1.58. The van der Waals surface area contributed by atoms with Gasteiger partial charge in [-0.05, 0) is 44.4 Å². The Morgan fingerprint density at radius 2 is 1.85 bits per heavy atom. The van der Waals surface area contributed by atoms with Crippen molar-refractivity contribution >= 4 is 11.8 Å². The molecule has 2 aromatic rings. The van der Waals surface area contributed by atoms with E-state index in [4.69, 9.17) is 0 Å². The normalized spacial score (nSPS) is 11.9. The van der Waals surface area contributed by atoms with Crippen molar-refractivity contribution in [2.24, 2.45) is 0 Å². The van der Waals surface area contributed by atoms with E-state index in [1.807, 2.05) is 30.1 Å². The number of hydrogen-bond donors (Lipinski definition) is 0. The Labute approximate surface area is 126 Å². The van der Waals surface area contributed by atoms with E-state index < -0.39 is 0 Å². The van der Waals surface area contributed by atoms with Crippen molar-refractivity contribution in [1.29, 1.82) is 0 Å². The summed E-state index contributed by atoms with van der Waals surface area (Å²) in [4.78, 5) is 4.41. The first-order valence-corrected chi connectivity index (χ1v) is 7.88. The molecule has 0 spiro atoms. The molecule has 0 fully saturated rings. The summed E-state index contributed by atoms with van der Waals surface area (Å²) in [7, 11) is 0. The highest BCUT2D eigenvalue weighted by atomic mass is 32.2. The summed E-state index contributed by atoms with van der Waals surface area (Å²) < 4.78 is 0. The van der Waals surface area contributed by atoms with Crippen molar-refractivity contribution in [2.45, 2.75) is 37.0 Å². The van der Waals surface area contributed by atoms with Crippen molar-refractivity contribution in [1.82, 2.24) is 4.98 Å². The molecule has 0 aliphatic heterocycles. The first-order valence-electron chi connectivity index (χ1n) is 7.00.